The van der Waals surface area contributed by atoms with Crippen molar-refractivity contribution in [2.45, 2.75) is 82.3 Å². The van der Waals surface area contributed by atoms with Gasteiger partial charge in [-0.05, 0) is 51.9 Å². The summed E-state index contributed by atoms with van der Waals surface area (Å²) in [6.45, 7) is 5.58. The fourth-order valence-electron chi connectivity index (χ4n) is 5.35. The summed E-state index contributed by atoms with van der Waals surface area (Å²) in [5, 5.41) is 10.0. The first-order chi connectivity index (χ1) is 14.9. The summed E-state index contributed by atoms with van der Waals surface area (Å²) < 4.78 is 46.7. The van der Waals surface area contributed by atoms with E-state index in [0.29, 0.717) is 19.5 Å². The molecular weight excluding hydrogens is 425 g/mol. The SMILES string of the molecule is COC(C)(C)C1CC(NC2NC(N3CCC[C@H](N)C3)NCC2C(N)=O)CC(C(F)(F)F)C1. The number of nitrogens with zero attached hydrogens (tertiary/aromatic N) is 1. The van der Waals surface area contributed by atoms with E-state index >= 15 is 0 Å². The molecular formula is C21H39F3N6O2. The van der Waals surface area contributed by atoms with E-state index in [9.17, 15) is 18.0 Å². The first-order valence-corrected chi connectivity index (χ1v) is 11.6. The van der Waals surface area contributed by atoms with Crippen molar-refractivity contribution in [3.63, 3.8) is 0 Å². The number of nitrogens with one attached hydrogen (secondary N) is 3. The van der Waals surface area contributed by atoms with Crippen LogP contribution in [-0.4, -0.2) is 73.9 Å². The Morgan fingerprint density at radius 2 is 1.88 bits per heavy atom. The van der Waals surface area contributed by atoms with Crippen molar-refractivity contribution in [3.05, 3.63) is 0 Å². The van der Waals surface area contributed by atoms with Crippen molar-refractivity contribution in [1.29, 1.82) is 0 Å². The van der Waals surface area contributed by atoms with Crippen LogP contribution >= 0.6 is 0 Å². The molecule has 1 aliphatic carbocycles. The molecule has 2 heterocycles. The van der Waals surface area contributed by atoms with Crippen LogP contribution in [0.3, 0.4) is 0 Å². The minimum atomic E-state index is -4.28. The van der Waals surface area contributed by atoms with Crippen molar-refractivity contribution >= 4 is 5.91 Å². The Bertz CT molecular complexity index is 650. The summed E-state index contributed by atoms with van der Waals surface area (Å²) in [5.41, 5.74) is 11.1. The van der Waals surface area contributed by atoms with E-state index in [1.807, 2.05) is 13.8 Å². The third-order valence-electron chi connectivity index (χ3n) is 7.59. The highest BCUT2D eigenvalue weighted by atomic mass is 19.4. The van der Waals surface area contributed by atoms with E-state index in [4.69, 9.17) is 16.2 Å². The number of rotatable bonds is 6. The van der Waals surface area contributed by atoms with Gasteiger partial charge in [-0.25, -0.2) is 0 Å². The maximum Gasteiger partial charge on any atom is 0.391 e. The number of methoxy groups -OCH3 is 1. The number of hydrogen-bond donors (Lipinski definition) is 5. The highest BCUT2D eigenvalue weighted by Crippen LogP contribution is 2.44. The van der Waals surface area contributed by atoms with Crippen LogP contribution in [0.15, 0.2) is 0 Å². The number of piperidine rings is 1. The van der Waals surface area contributed by atoms with Gasteiger partial charge < -0.3 is 16.2 Å². The molecule has 32 heavy (non-hydrogen) atoms. The monoisotopic (exact) mass is 464 g/mol. The number of halogens is 3. The van der Waals surface area contributed by atoms with Gasteiger partial charge in [0.2, 0.25) is 5.91 Å². The number of carbonyl (C=O) groups is 1. The highest BCUT2D eigenvalue weighted by molar-refractivity contribution is 5.77. The molecule has 8 nitrogen and oxygen atoms in total. The lowest BCUT2D eigenvalue weighted by Gasteiger charge is -2.47. The lowest BCUT2D eigenvalue weighted by atomic mass is 9.71. The number of ether oxygens (including phenoxy) is 1. The molecule has 0 radical (unpaired) electrons. The predicted octanol–water partition coefficient (Wildman–Crippen LogP) is 0.675. The number of likely N-dealkylation sites (tertiary alicyclic amines) is 1. The van der Waals surface area contributed by atoms with Gasteiger partial charge in [0.1, 0.15) is 6.29 Å². The summed E-state index contributed by atoms with van der Waals surface area (Å²) in [7, 11) is 1.53. The molecule has 1 saturated carbocycles. The van der Waals surface area contributed by atoms with E-state index in [-0.39, 0.29) is 31.1 Å². The number of primary amides is 1. The number of carbonyl (C=O) groups excluding carboxylic acids is 1. The van der Waals surface area contributed by atoms with Crippen molar-refractivity contribution in [1.82, 2.24) is 20.9 Å². The lowest BCUT2D eigenvalue weighted by molar-refractivity contribution is -0.196. The van der Waals surface area contributed by atoms with Crippen LogP contribution in [0.5, 0.6) is 0 Å². The maximum absolute atomic E-state index is 13.7. The summed E-state index contributed by atoms with van der Waals surface area (Å²) >= 11 is 0. The Morgan fingerprint density at radius 1 is 1.19 bits per heavy atom. The van der Waals surface area contributed by atoms with Crippen LogP contribution in [0.1, 0.15) is 46.0 Å². The number of amides is 1. The molecule has 2 saturated heterocycles. The zero-order valence-corrected chi connectivity index (χ0v) is 19.3. The van der Waals surface area contributed by atoms with Crippen LogP contribution in [0.2, 0.25) is 0 Å². The summed E-state index contributed by atoms with van der Waals surface area (Å²) in [4.78, 5) is 14.3. The molecule has 0 aromatic heterocycles. The molecule has 1 amide bonds. The molecule has 0 aromatic carbocycles. The van der Waals surface area contributed by atoms with E-state index < -0.39 is 41.7 Å². The second kappa shape index (κ2) is 10.1. The smallest absolute Gasteiger partial charge is 0.379 e. The molecule has 2 aliphatic heterocycles. The summed E-state index contributed by atoms with van der Waals surface area (Å²) in [6.07, 6.45) is -2.55. The number of alkyl halides is 3. The Kier molecular flexibility index (Phi) is 8.10. The normalized spacial score (nSPS) is 37.9. The zero-order chi connectivity index (χ0) is 23.7. The zero-order valence-electron chi connectivity index (χ0n) is 19.3. The number of hydrogen-bond acceptors (Lipinski definition) is 7. The third kappa shape index (κ3) is 6.12. The Balaban J connectivity index is 1.74. The molecule has 3 rings (SSSR count). The summed E-state index contributed by atoms with van der Waals surface area (Å²) in [5.74, 6) is -2.76. The van der Waals surface area contributed by atoms with E-state index in [1.54, 1.807) is 0 Å². The molecule has 0 spiro atoms. The maximum atomic E-state index is 13.7. The molecule has 6 unspecified atom stereocenters. The predicted molar refractivity (Wildman–Crippen MR) is 115 cm³/mol. The fraction of sp³-hybridized carbons (Fsp3) is 0.952. The second-order valence-electron chi connectivity index (χ2n) is 10.2. The van der Waals surface area contributed by atoms with Crippen LogP contribution in [0.25, 0.3) is 0 Å². The van der Waals surface area contributed by atoms with E-state index in [2.05, 4.69) is 20.9 Å². The van der Waals surface area contributed by atoms with Gasteiger partial charge in [0.05, 0.1) is 23.6 Å². The van der Waals surface area contributed by atoms with Gasteiger partial charge in [0.25, 0.3) is 0 Å². The molecule has 7 N–H and O–H groups in total. The molecule has 186 valence electrons. The van der Waals surface area contributed by atoms with Gasteiger partial charge in [-0.15, -0.1) is 0 Å². The minimum absolute atomic E-state index is 0.0316. The van der Waals surface area contributed by atoms with Crippen LogP contribution in [-0.2, 0) is 9.53 Å². The molecule has 3 fully saturated rings. The highest BCUT2D eigenvalue weighted by Gasteiger charge is 2.49. The van der Waals surface area contributed by atoms with Crippen molar-refractivity contribution in [2.75, 3.05) is 26.7 Å². The third-order valence-corrected chi connectivity index (χ3v) is 7.59. The van der Waals surface area contributed by atoms with Crippen LogP contribution in [0, 0.1) is 17.8 Å². The van der Waals surface area contributed by atoms with Gasteiger partial charge in [-0.3, -0.25) is 25.6 Å². The number of nitrogens with two attached hydrogens (primary N) is 2. The largest absolute Gasteiger partial charge is 0.391 e. The Labute approximate surface area is 188 Å². The average molecular weight is 465 g/mol. The van der Waals surface area contributed by atoms with Gasteiger partial charge in [-0.1, -0.05) is 0 Å². The van der Waals surface area contributed by atoms with Crippen LogP contribution < -0.4 is 27.4 Å². The summed E-state index contributed by atoms with van der Waals surface area (Å²) in [6, 6.07) is -0.341. The van der Waals surface area contributed by atoms with Gasteiger partial charge in [0, 0.05) is 38.8 Å². The topological polar surface area (TPSA) is 118 Å². The second-order valence-corrected chi connectivity index (χ2v) is 10.2. The van der Waals surface area contributed by atoms with Crippen molar-refractivity contribution in [2.24, 2.45) is 29.2 Å². The van der Waals surface area contributed by atoms with Crippen LogP contribution in [0.4, 0.5) is 13.2 Å². The first-order valence-electron chi connectivity index (χ1n) is 11.6. The van der Waals surface area contributed by atoms with Gasteiger partial charge in [0.15, 0.2) is 0 Å². The van der Waals surface area contributed by atoms with Gasteiger partial charge in [-0.2, -0.15) is 13.2 Å². The minimum Gasteiger partial charge on any atom is -0.379 e. The standard InChI is InChI=1S/C21H39F3N6O2/c1-20(2,32-3)12-7-13(21(22,23)24)9-15(8-12)28-18-16(17(26)31)10-27-19(29-18)30-6-4-5-14(25)11-30/h12-16,18-19,27-29H,4-11,25H2,1-3H3,(H2,26,31)/t12?,13?,14-,15?,16?,18?,19?/m0/s1. The molecule has 7 atom stereocenters. The Hall–Kier alpha value is -0.980. The van der Waals surface area contributed by atoms with Crippen molar-refractivity contribution in [3.8, 4) is 0 Å². The molecule has 0 bridgehead atoms. The first kappa shape index (κ1) is 25.6. The quantitative estimate of drug-likeness (QED) is 0.392. The van der Waals surface area contributed by atoms with Crippen molar-refractivity contribution < 1.29 is 22.7 Å². The molecule has 3 aliphatic rings. The van der Waals surface area contributed by atoms with Gasteiger partial charge >= 0.3 is 6.18 Å². The lowest BCUT2D eigenvalue weighted by Crippen LogP contribution is -2.72. The molecule has 11 heteroatoms. The van der Waals surface area contributed by atoms with E-state index in [0.717, 1.165) is 19.4 Å². The van der Waals surface area contributed by atoms with E-state index in [1.165, 1.54) is 7.11 Å². The Morgan fingerprint density at radius 3 is 2.47 bits per heavy atom. The molecule has 0 aromatic rings. The fourth-order valence-corrected chi connectivity index (χ4v) is 5.35. The average Bonchev–Trinajstić information content (AvgIpc) is 2.72.